The maximum Gasteiger partial charge on any atom is 0.191 e. The Balaban J connectivity index is 1.85. The minimum atomic E-state index is 0.607. The molecule has 2 aromatic rings. The van der Waals surface area contributed by atoms with Gasteiger partial charge in [0.1, 0.15) is 0 Å². The molecule has 2 aromatic heterocycles. The summed E-state index contributed by atoms with van der Waals surface area (Å²) in [6.45, 7) is 4.30. The predicted molar refractivity (Wildman–Crippen MR) is 84.0 cm³/mol. The molecule has 2 N–H and O–H groups in total. The van der Waals surface area contributed by atoms with Crippen molar-refractivity contribution in [2.75, 3.05) is 13.1 Å². The predicted octanol–water partition coefficient (Wildman–Crippen LogP) is 1.11. The van der Waals surface area contributed by atoms with Crippen LogP contribution in [0.3, 0.4) is 0 Å². The third-order valence-electron chi connectivity index (χ3n) is 3.07. The van der Waals surface area contributed by atoms with Crippen LogP contribution >= 0.6 is 0 Å². The molecule has 21 heavy (non-hydrogen) atoms. The molecular formula is C15H22N6. The topological polar surface area (TPSA) is 67.1 Å². The molecule has 0 aromatic carbocycles. The molecule has 0 spiro atoms. The first-order valence-electron chi connectivity index (χ1n) is 7.18. The standard InChI is InChI=1S/C15H22N6/c1-3-16-15(19-12-14-8-11-20-21(14)2)18-10-7-13-6-4-5-9-17-13/h4-6,8-9,11H,3,7,10,12H2,1-2H3,(H2,16,18,19). The second-order valence-corrected chi connectivity index (χ2v) is 4.64. The lowest BCUT2D eigenvalue weighted by atomic mass is 10.3. The van der Waals surface area contributed by atoms with Gasteiger partial charge in [0.2, 0.25) is 0 Å². The van der Waals surface area contributed by atoms with Crippen molar-refractivity contribution in [1.29, 1.82) is 0 Å². The Morgan fingerprint density at radius 2 is 2.14 bits per heavy atom. The Morgan fingerprint density at radius 3 is 2.81 bits per heavy atom. The summed E-state index contributed by atoms with van der Waals surface area (Å²) >= 11 is 0. The number of aliphatic imine (C=N–C) groups is 1. The average molecular weight is 286 g/mol. The van der Waals surface area contributed by atoms with Crippen molar-refractivity contribution in [3.63, 3.8) is 0 Å². The number of rotatable bonds is 6. The lowest BCUT2D eigenvalue weighted by Crippen LogP contribution is -2.38. The fraction of sp³-hybridized carbons (Fsp3) is 0.400. The minimum absolute atomic E-state index is 0.607. The summed E-state index contributed by atoms with van der Waals surface area (Å²) in [7, 11) is 1.92. The molecule has 0 aliphatic rings. The molecule has 0 saturated carbocycles. The maximum absolute atomic E-state index is 4.56. The molecule has 2 rings (SSSR count). The smallest absolute Gasteiger partial charge is 0.191 e. The van der Waals surface area contributed by atoms with Gasteiger partial charge in [-0.05, 0) is 25.1 Å². The third kappa shape index (κ3) is 4.91. The Kier molecular flexibility index (Phi) is 5.75. The van der Waals surface area contributed by atoms with Gasteiger partial charge in [-0.15, -0.1) is 0 Å². The number of nitrogens with zero attached hydrogens (tertiary/aromatic N) is 4. The van der Waals surface area contributed by atoms with Crippen LogP contribution < -0.4 is 10.6 Å². The van der Waals surface area contributed by atoms with Crippen molar-refractivity contribution in [2.45, 2.75) is 19.9 Å². The van der Waals surface area contributed by atoms with E-state index >= 15 is 0 Å². The Hall–Kier alpha value is -2.37. The van der Waals surface area contributed by atoms with Gasteiger partial charge in [-0.2, -0.15) is 5.10 Å². The van der Waals surface area contributed by atoms with E-state index in [0.717, 1.165) is 36.9 Å². The second kappa shape index (κ2) is 8.04. The summed E-state index contributed by atoms with van der Waals surface area (Å²) in [6.07, 6.45) is 4.47. The zero-order valence-corrected chi connectivity index (χ0v) is 12.6. The molecule has 0 atom stereocenters. The van der Waals surface area contributed by atoms with Crippen LogP contribution in [-0.4, -0.2) is 33.8 Å². The van der Waals surface area contributed by atoms with E-state index < -0.39 is 0 Å². The second-order valence-electron chi connectivity index (χ2n) is 4.64. The van der Waals surface area contributed by atoms with Gasteiger partial charge in [0.15, 0.2) is 5.96 Å². The highest BCUT2D eigenvalue weighted by molar-refractivity contribution is 5.79. The quantitative estimate of drug-likeness (QED) is 0.617. The van der Waals surface area contributed by atoms with Crippen molar-refractivity contribution < 1.29 is 0 Å². The van der Waals surface area contributed by atoms with Gasteiger partial charge in [0, 0.05) is 44.6 Å². The van der Waals surface area contributed by atoms with Crippen LogP contribution in [0.5, 0.6) is 0 Å². The van der Waals surface area contributed by atoms with Crippen LogP contribution in [0.25, 0.3) is 0 Å². The van der Waals surface area contributed by atoms with Gasteiger partial charge in [-0.1, -0.05) is 6.07 Å². The minimum Gasteiger partial charge on any atom is -0.357 e. The molecule has 0 fully saturated rings. The summed E-state index contributed by atoms with van der Waals surface area (Å²) in [6, 6.07) is 7.93. The van der Waals surface area contributed by atoms with Crippen molar-refractivity contribution >= 4 is 5.96 Å². The molecular weight excluding hydrogens is 264 g/mol. The number of nitrogens with one attached hydrogen (secondary N) is 2. The highest BCUT2D eigenvalue weighted by atomic mass is 15.3. The van der Waals surface area contributed by atoms with Crippen LogP contribution in [0.15, 0.2) is 41.7 Å². The molecule has 0 saturated heterocycles. The van der Waals surface area contributed by atoms with Gasteiger partial charge in [-0.25, -0.2) is 4.99 Å². The average Bonchev–Trinajstić information content (AvgIpc) is 2.91. The van der Waals surface area contributed by atoms with Crippen molar-refractivity contribution in [2.24, 2.45) is 12.0 Å². The first-order chi connectivity index (χ1) is 10.3. The molecule has 0 aliphatic heterocycles. The highest BCUT2D eigenvalue weighted by Crippen LogP contribution is 1.98. The number of aromatic nitrogens is 3. The van der Waals surface area contributed by atoms with Crippen LogP contribution in [0.4, 0.5) is 0 Å². The molecule has 2 heterocycles. The van der Waals surface area contributed by atoms with Crippen LogP contribution in [0.2, 0.25) is 0 Å². The van der Waals surface area contributed by atoms with Crippen LogP contribution in [-0.2, 0) is 20.0 Å². The van der Waals surface area contributed by atoms with E-state index in [-0.39, 0.29) is 0 Å². The summed E-state index contributed by atoms with van der Waals surface area (Å²) in [5.74, 6) is 0.814. The van der Waals surface area contributed by atoms with Crippen LogP contribution in [0, 0.1) is 0 Å². The molecule has 0 aliphatic carbocycles. The number of aryl methyl sites for hydroxylation is 1. The molecule has 6 heteroatoms. The largest absolute Gasteiger partial charge is 0.357 e. The number of guanidine groups is 1. The fourth-order valence-corrected chi connectivity index (χ4v) is 1.91. The fourth-order valence-electron chi connectivity index (χ4n) is 1.91. The zero-order valence-electron chi connectivity index (χ0n) is 12.6. The van der Waals surface area contributed by atoms with E-state index in [9.17, 15) is 0 Å². The van der Waals surface area contributed by atoms with Gasteiger partial charge < -0.3 is 10.6 Å². The molecule has 0 amide bonds. The van der Waals surface area contributed by atoms with Crippen molar-refractivity contribution in [3.8, 4) is 0 Å². The van der Waals surface area contributed by atoms with Gasteiger partial charge >= 0.3 is 0 Å². The normalized spacial score (nSPS) is 11.4. The molecule has 6 nitrogen and oxygen atoms in total. The highest BCUT2D eigenvalue weighted by Gasteiger charge is 2.00. The first kappa shape index (κ1) is 15.0. The van der Waals surface area contributed by atoms with E-state index in [1.165, 1.54) is 0 Å². The summed E-state index contributed by atoms with van der Waals surface area (Å²) in [5.41, 5.74) is 2.16. The summed E-state index contributed by atoms with van der Waals surface area (Å²) in [4.78, 5) is 8.87. The van der Waals surface area contributed by atoms with Crippen LogP contribution in [0.1, 0.15) is 18.3 Å². The van der Waals surface area contributed by atoms with Crippen molar-refractivity contribution in [3.05, 3.63) is 48.0 Å². The maximum atomic E-state index is 4.56. The SMILES string of the molecule is CCNC(=NCc1ccnn1C)NCCc1ccccn1. The van der Waals surface area contributed by atoms with Gasteiger partial charge in [0.25, 0.3) is 0 Å². The Bertz CT molecular complexity index is 561. The molecule has 0 radical (unpaired) electrons. The van der Waals surface area contributed by atoms with E-state index in [0.29, 0.717) is 6.54 Å². The number of pyridine rings is 1. The van der Waals surface area contributed by atoms with Gasteiger partial charge in [0.05, 0.1) is 12.2 Å². The first-order valence-corrected chi connectivity index (χ1v) is 7.18. The summed E-state index contributed by atoms with van der Waals surface area (Å²) in [5, 5.41) is 10.7. The van der Waals surface area contributed by atoms with E-state index in [1.54, 1.807) is 6.20 Å². The lowest BCUT2D eigenvalue weighted by Gasteiger charge is -2.11. The van der Waals surface area contributed by atoms with E-state index in [2.05, 4.69) is 32.6 Å². The molecule has 0 bridgehead atoms. The van der Waals surface area contributed by atoms with Gasteiger partial charge in [-0.3, -0.25) is 9.67 Å². The molecule has 0 unspecified atom stereocenters. The zero-order chi connectivity index (χ0) is 14.9. The number of hydrogen-bond acceptors (Lipinski definition) is 3. The molecule has 112 valence electrons. The lowest BCUT2D eigenvalue weighted by molar-refractivity contribution is 0.706. The van der Waals surface area contributed by atoms with E-state index in [1.807, 2.05) is 42.2 Å². The monoisotopic (exact) mass is 286 g/mol. The summed E-state index contributed by atoms with van der Waals surface area (Å²) < 4.78 is 1.83. The Labute approximate surface area is 125 Å². The van der Waals surface area contributed by atoms with E-state index in [4.69, 9.17) is 0 Å². The number of hydrogen-bond donors (Lipinski definition) is 2. The van der Waals surface area contributed by atoms with Crippen molar-refractivity contribution in [1.82, 2.24) is 25.4 Å². The Morgan fingerprint density at radius 1 is 1.24 bits per heavy atom. The third-order valence-corrected chi connectivity index (χ3v) is 3.07.